The van der Waals surface area contributed by atoms with Gasteiger partial charge in [-0.3, -0.25) is 0 Å². The Kier molecular flexibility index (Phi) is 2.88. The van der Waals surface area contributed by atoms with Crippen molar-refractivity contribution >= 4 is 5.95 Å². The van der Waals surface area contributed by atoms with E-state index in [9.17, 15) is 0 Å². The number of nitrogens with zero attached hydrogens (tertiary/aromatic N) is 3. The maximum Gasteiger partial charge on any atom is 0.266 e. The summed E-state index contributed by atoms with van der Waals surface area (Å²) in [6.07, 6.45) is 2.33. The summed E-state index contributed by atoms with van der Waals surface area (Å²) in [5, 5.41) is 3.99. The summed E-state index contributed by atoms with van der Waals surface area (Å²) < 4.78 is 5.29. The van der Waals surface area contributed by atoms with Gasteiger partial charge in [-0.25, -0.2) is 0 Å². The van der Waals surface area contributed by atoms with Gasteiger partial charge >= 0.3 is 0 Å². The minimum atomic E-state index is -0.460. The van der Waals surface area contributed by atoms with Crippen molar-refractivity contribution in [3.8, 4) is 0 Å². The largest absolute Gasteiger partial charge is 0.339 e. The second-order valence-corrected chi connectivity index (χ2v) is 4.63. The number of nitrogens with two attached hydrogens (primary N) is 1. The van der Waals surface area contributed by atoms with Gasteiger partial charge in [0.1, 0.15) is 0 Å². The molecule has 5 nitrogen and oxygen atoms in total. The molecule has 1 aliphatic carbocycles. The van der Waals surface area contributed by atoms with Crippen LogP contribution in [0.25, 0.3) is 0 Å². The standard InChI is InChI=1S/C11H20N4O/c1-4-15(5-2)10-13-9(16-14-10)11(3,12)8-6-7-8/h8H,4-7,12H2,1-3H3. The molecule has 0 aliphatic heterocycles. The van der Waals surface area contributed by atoms with E-state index in [-0.39, 0.29) is 0 Å². The lowest BCUT2D eigenvalue weighted by Gasteiger charge is -2.19. The molecule has 1 heterocycles. The molecule has 2 N–H and O–H groups in total. The zero-order valence-corrected chi connectivity index (χ0v) is 10.2. The molecular formula is C11H20N4O. The number of hydrogen-bond acceptors (Lipinski definition) is 5. The lowest BCUT2D eigenvalue weighted by molar-refractivity contribution is 0.273. The van der Waals surface area contributed by atoms with Crippen LogP contribution in [0.4, 0.5) is 5.95 Å². The monoisotopic (exact) mass is 224 g/mol. The zero-order chi connectivity index (χ0) is 11.8. The quantitative estimate of drug-likeness (QED) is 0.820. The summed E-state index contributed by atoms with van der Waals surface area (Å²) in [5.41, 5.74) is 5.77. The minimum absolute atomic E-state index is 0.460. The van der Waals surface area contributed by atoms with Gasteiger partial charge in [-0.05, 0) is 44.7 Å². The Balaban J connectivity index is 2.18. The minimum Gasteiger partial charge on any atom is -0.339 e. The molecule has 0 amide bonds. The Labute approximate surface area is 96.0 Å². The fourth-order valence-electron chi connectivity index (χ4n) is 1.93. The summed E-state index contributed by atoms with van der Waals surface area (Å²) in [6.45, 7) is 7.87. The van der Waals surface area contributed by atoms with E-state index in [2.05, 4.69) is 28.9 Å². The van der Waals surface area contributed by atoms with Gasteiger partial charge in [0.05, 0.1) is 5.54 Å². The van der Waals surface area contributed by atoms with Gasteiger partial charge in [0, 0.05) is 13.1 Å². The predicted octanol–water partition coefficient (Wildman–Crippen LogP) is 1.50. The van der Waals surface area contributed by atoms with Crippen molar-refractivity contribution in [2.75, 3.05) is 18.0 Å². The van der Waals surface area contributed by atoms with E-state index in [1.54, 1.807) is 0 Å². The molecule has 0 radical (unpaired) electrons. The average Bonchev–Trinajstić information content (AvgIpc) is 3.01. The van der Waals surface area contributed by atoms with Gasteiger partial charge in [0.15, 0.2) is 0 Å². The molecule has 0 aromatic carbocycles. The van der Waals surface area contributed by atoms with E-state index in [1.807, 2.05) is 6.92 Å². The molecule has 1 fully saturated rings. The van der Waals surface area contributed by atoms with E-state index in [0.717, 1.165) is 25.9 Å². The fourth-order valence-corrected chi connectivity index (χ4v) is 1.93. The van der Waals surface area contributed by atoms with Gasteiger partial charge in [0.2, 0.25) is 5.89 Å². The van der Waals surface area contributed by atoms with E-state index in [0.29, 0.717) is 17.8 Å². The predicted molar refractivity (Wildman–Crippen MR) is 62.1 cm³/mol. The molecule has 1 aromatic heterocycles. The van der Waals surface area contributed by atoms with E-state index in [4.69, 9.17) is 10.3 Å². The van der Waals surface area contributed by atoms with Gasteiger partial charge < -0.3 is 15.2 Å². The second kappa shape index (κ2) is 4.05. The highest BCUT2D eigenvalue weighted by Gasteiger charge is 2.44. The van der Waals surface area contributed by atoms with Gasteiger partial charge in [-0.15, -0.1) is 0 Å². The van der Waals surface area contributed by atoms with Crippen molar-refractivity contribution in [2.24, 2.45) is 11.7 Å². The van der Waals surface area contributed by atoms with Crippen LogP contribution in [-0.4, -0.2) is 23.2 Å². The summed E-state index contributed by atoms with van der Waals surface area (Å²) in [7, 11) is 0. The van der Waals surface area contributed by atoms with Crippen molar-refractivity contribution in [1.82, 2.24) is 10.1 Å². The summed E-state index contributed by atoms with van der Waals surface area (Å²) in [5.74, 6) is 1.71. The summed E-state index contributed by atoms with van der Waals surface area (Å²) in [6, 6.07) is 0. The first-order valence-corrected chi connectivity index (χ1v) is 5.97. The Bertz CT molecular complexity index is 353. The number of rotatable bonds is 5. The van der Waals surface area contributed by atoms with Crippen molar-refractivity contribution in [3.05, 3.63) is 5.89 Å². The molecular weight excluding hydrogens is 204 g/mol. The van der Waals surface area contributed by atoms with E-state index < -0.39 is 5.54 Å². The Hall–Kier alpha value is -1.10. The number of hydrogen-bond donors (Lipinski definition) is 1. The van der Waals surface area contributed by atoms with Crippen LogP contribution < -0.4 is 10.6 Å². The third-order valence-electron chi connectivity index (χ3n) is 3.35. The summed E-state index contributed by atoms with van der Waals surface area (Å²) in [4.78, 5) is 6.46. The first-order valence-electron chi connectivity index (χ1n) is 5.97. The molecule has 0 bridgehead atoms. The molecule has 0 saturated heterocycles. The zero-order valence-electron chi connectivity index (χ0n) is 10.2. The first-order chi connectivity index (χ1) is 7.59. The molecule has 16 heavy (non-hydrogen) atoms. The normalized spacial score (nSPS) is 19.5. The van der Waals surface area contributed by atoms with Crippen molar-refractivity contribution in [1.29, 1.82) is 0 Å². The average molecular weight is 224 g/mol. The highest BCUT2D eigenvalue weighted by molar-refractivity contribution is 5.28. The van der Waals surface area contributed by atoms with Crippen LogP contribution in [0, 0.1) is 5.92 Å². The smallest absolute Gasteiger partial charge is 0.266 e. The molecule has 1 atom stereocenters. The van der Waals surface area contributed by atoms with E-state index in [1.165, 1.54) is 0 Å². The van der Waals surface area contributed by atoms with Crippen LogP contribution in [0.5, 0.6) is 0 Å². The lowest BCUT2D eigenvalue weighted by Crippen LogP contribution is -2.36. The third-order valence-corrected chi connectivity index (χ3v) is 3.35. The molecule has 2 rings (SSSR count). The molecule has 1 aliphatic rings. The van der Waals surface area contributed by atoms with Crippen molar-refractivity contribution in [2.45, 2.75) is 39.2 Å². The fraction of sp³-hybridized carbons (Fsp3) is 0.818. The van der Waals surface area contributed by atoms with Crippen molar-refractivity contribution < 1.29 is 4.52 Å². The van der Waals surface area contributed by atoms with Gasteiger partial charge in [0.25, 0.3) is 5.95 Å². The number of anilines is 1. The molecule has 0 spiro atoms. The summed E-state index contributed by atoms with van der Waals surface area (Å²) >= 11 is 0. The van der Waals surface area contributed by atoms with Crippen LogP contribution >= 0.6 is 0 Å². The number of aromatic nitrogens is 2. The Morgan fingerprint density at radius 1 is 1.44 bits per heavy atom. The van der Waals surface area contributed by atoms with Crippen LogP contribution in [-0.2, 0) is 5.54 Å². The lowest BCUT2D eigenvalue weighted by atomic mass is 9.97. The van der Waals surface area contributed by atoms with Crippen molar-refractivity contribution in [3.63, 3.8) is 0 Å². The van der Waals surface area contributed by atoms with E-state index >= 15 is 0 Å². The highest BCUT2D eigenvalue weighted by atomic mass is 16.5. The van der Waals surface area contributed by atoms with Crippen LogP contribution in [0.1, 0.15) is 39.5 Å². The van der Waals surface area contributed by atoms with Crippen LogP contribution in [0.2, 0.25) is 0 Å². The Morgan fingerprint density at radius 2 is 2.06 bits per heavy atom. The Morgan fingerprint density at radius 3 is 2.56 bits per heavy atom. The highest BCUT2D eigenvalue weighted by Crippen LogP contribution is 2.43. The first kappa shape index (κ1) is 11.4. The molecule has 90 valence electrons. The second-order valence-electron chi connectivity index (χ2n) is 4.63. The molecule has 1 unspecified atom stereocenters. The van der Waals surface area contributed by atoms with Gasteiger partial charge in [-0.1, -0.05) is 0 Å². The third kappa shape index (κ3) is 1.91. The van der Waals surface area contributed by atoms with Crippen LogP contribution in [0.3, 0.4) is 0 Å². The topological polar surface area (TPSA) is 68.2 Å². The molecule has 5 heteroatoms. The maximum absolute atomic E-state index is 6.22. The maximum atomic E-state index is 6.22. The molecule has 1 aromatic rings. The SMILES string of the molecule is CCN(CC)c1noc(C(C)(N)C2CC2)n1. The van der Waals surface area contributed by atoms with Crippen LogP contribution in [0.15, 0.2) is 4.52 Å². The molecule has 1 saturated carbocycles. The van der Waals surface area contributed by atoms with Gasteiger partial charge in [-0.2, -0.15) is 4.98 Å².